The lowest BCUT2D eigenvalue weighted by Gasteiger charge is -2.20. The van der Waals surface area contributed by atoms with Crippen molar-refractivity contribution in [1.29, 1.82) is 0 Å². The van der Waals surface area contributed by atoms with Crippen molar-refractivity contribution < 1.29 is 9.53 Å². The molecule has 22 heavy (non-hydrogen) atoms. The molecule has 124 valence electrons. The van der Waals surface area contributed by atoms with Crippen LogP contribution >= 0.6 is 0 Å². The zero-order valence-electron chi connectivity index (χ0n) is 14.2. The van der Waals surface area contributed by atoms with Gasteiger partial charge in [-0.25, -0.2) is 0 Å². The van der Waals surface area contributed by atoms with Crippen LogP contribution in [0, 0.1) is 0 Å². The first-order valence-electron chi connectivity index (χ1n) is 7.79. The van der Waals surface area contributed by atoms with Crippen LogP contribution in [-0.4, -0.2) is 38.2 Å². The van der Waals surface area contributed by atoms with E-state index >= 15 is 0 Å². The molecule has 0 radical (unpaired) electrons. The van der Waals surface area contributed by atoms with Gasteiger partial charge in [-0.3, -0.25) is 4.79 Å². The molecule has 0 aromatic heterocycles. The van der Waals surface area contributed by atoms with Crippen LogP contribution < -0.4 is 20.7 Å². The standard InChI is InChI=1S/C17H29N3O2/c1-17(2,3)20-16(21)13-22-15-9-6-5-8-14(15)12-19-11-7-10-18-4/h5-6,8-9,18-19H,7,10-13H2,1-4H3,(H,20,21). The van der Waals surface area contributed by atoms with Crippen molar-refractivity contribution in [3.8, 4) is 5.75 Å². The van der Waals surface area contributed by atoms with Gasteiger partial charge in [-0.1, -0.05) is 18.2 Å². The predicted octanol–water partition coefficient (Wildman–Crippen LogP) is 1.68. The summed E-state index contributed by atoms with van der Waals surface area (Å²) in [4.78, 5) is 11.8. The summed E-state index contributed by atoms with van der Waals surface area (Å²) in [5, 5.41) is 9.39. The van der Waals surface area contributed by atoms with Crippen LogP contribution in [0.1, 0.15) is 32.8 Å². The molecule has 0 heterocycles. The Balaban J connectivity index is 2.44. The molecule has 0 fully saturated rings. The molecule has 0 aliphatic carbocycles. The Morgan fingerprint density at radius 1 is 1.18 bits per heavy atom. The number of rotatable bonds is 9. The first-order chi connectivity index (χ1) is 10.4. The monoisotopic (exact) mass is 307 g/mol. The van der Waals surface area contributed by atoms with Gasteiger partial charge in [0.25, 0.3) is 5.91 Å². The summed E-state index contributed by atoms with van der Waals surface area (Å²) in [7, 11) is 1.95. The fourth-order valence-electron chi connectivity index (χ4n) is 2.00. The maximum atomic E-state index is 11.8. The van der Waals surface area contributed by atoms with E-state index in [4.69, 9.17) is 4.74 Å². The number of amides is 1. The van der Waals surface area contributed by atoms with Crippen molar-refractivity contribution in [2.45, 2.75) is 39.3 Å². The van der Waals surface area contributed by atoms with E-state index in [1.54, 1.807) is 0 Å². The molecule has 1 rings (SSSR count). The first kappa shape index (κ1) is 18.5. The third-order valence-corrected chi connectivity index (χ3v) is 2.94. The highest BCUT2D eigenvalue weighted by atomic mass is 16.5. The molecule has 0 saturated heterocycles. The maximum Gasteiger partial charge on any atom is 0.258 e. The average molecular weight is 307 g/mol. The Morgan fingerprint density at radius 3 is 2.59 bits per heavy atom. The van der Waals surface area contributed by atoms with Gasteiger partial charge in [0.2, 0.25) is 0 Å². The number of nitrogens with one attached hydrogen (secondary N) is 3. The lowest BCUT2D eigenvalue weighted by atomic mass is 10.1. The molecule has 0 aliphatic rings. The molecule has 0 aliphatic heterocycles. The minimum absolute atomic E-state index is 0.0358. The summed E-state index contributed by atoms with van der Waals surface area (Å²) in [6, 6.07) is 7.81. The lowest BCUT2D eigenvalue weighted by Crippen LogP contribution is -2.43. The van der Waals surface area contributed by atoms with E-state index in [2.05, 4.69) is 16.0 Å². The fraction of sp³-hybridized carbons (Fsp3) is 0.588. The van der Waals surface area contributed by atoms with Crippen LogP contribution in [0.2, 0.25) is 0 Å². The van der Waals surface area contributed by atoms with Crippen LogP contribution in [0.5, 0.6) is 5.75 Å². The smallest absolute Gasteiger partial charge is 0.258 e. The predicted molar refractivity (Wildman–Crippen MR) is 90.1 cm³/mol. The second-order valence-corrected chi connectivity index (χ2v) is 6.33. The highest BCUT2D eigenvalue weighted by molar-refractivity contribution is 5.78. The fourth-order valence-corrected chi connectivity index (χ4v) is 2.00. The summed E-state index contributed by atoms with van der Waals surface area (Å²) >= 11 is 0. The number of benzene rings is 1. The Morgan fingerprint density at radius 2 is 1.91 bits per heavy atom. The Bertz CT molecular complexity index is 455. The number of carbonyl (C=O) groups excluding carboxylic acids is 1. The van der Waals surface area contributed by atoms with Gasteiger partial charge >= 0.3 is 0 Å². The third kappa shape index (κ3) is 8.00. The highest BCUT2D eigenvalue weighted by Crippen LogP contribution is 2.17. The van der Waals surface area contributed by atoms with E-state index in [0.717, 1.165) is 37.4 Å². The molecule has 1 aromatic carbocycles. The van der Waals surface area contributed by atoms with Gasteiger partial charge in [0, 0.05) is 17.6 Å². The summed E-state index contributed by atoms with van der Waals surface area (Å²) in [5.74, 6) is 0.650. The number of hydrogen-bond donors (Lipinski definition) is 3. The molecule has 0 bridgehead atoms. The minimum Gasteiger partial charge on any atom is -0.483 e. The topological polar surface area (TPSA) is 62.4 Å². The average Bonchev–Trinajstić information content (AvgIpc) is 2.44. The van der Waals surface area contributed by atoms with E-state index in [9.17, 15) is 4.79 Å². The summed E-state index contributed by atoms with van der Waals surface area (Å²) < 4.78 is 5.66. The van der Waals surface area contributed by atoms with Gasteiger partial charge in [-0.05, 0) is 53.4 Å². The summed E-state index contributed by atoms with van der Waals surface area (Å²) in [5.41, 5.74) is 0.824. The molecule has 0 saturated carbocycles. The number of para-hydroxylation sites is 1. The normalized spacial score (nSPS) is 11.3. The van der Waals surface area contributed by atoms with Crippen LogP contribution in [0.3, 0.4) is 0 Å². The molecular weight excluding hydrogens is 278 g/mol. The van der Waals surface area contributed by atoms with Gasteiger partial charge in [0.1, 0.15) is 5.75 Å². The van der Waals surface area contributed by atoms with Gasteiger partial charge in [-0.15, -0.1) is 0 Å². The van der Waals surface area contributed by atoms with Gasteiger partial charge in [0.15, 0.2) is 6.61 Å². The minimum atomic E-state index is -0.241. The van der Waals surface area contributed by atoms with Crippen molar-refractivity contribution in [2.24, 2.45) is 0 Å². The van der Waals surface area contributed by atoms with Crippen LogP contribution in [-0.2, 0) is 11.3 Å². The largest absolute Gasteiger partial charge is 0.483 e. The Kier molecular flexibility index (Phi) is 7.91. The molecule has 5 nitrogen and oxygen atoms in total. The van der Waals surface area contributed by atoms with E-state index < -0.39 is 0 Å². The third-order valence-electron chi connectivity index (χ3n) is 2.94. The van der Waals surface area contributed by atoms with Crippen LogP contribution in [0.4, 0.5) is 0 Å². The summed E-state index contributed by atoms with van der Waals surface area (Å²) in [6.45, 7) is 8.57. The summed E-state index contributed by atoms with van der Waals surface area (Å²) in [6.07, 6.45) is 1.08. The molecule has 5 heteroatoms. The maximum absolute atomic E-state index is 11.8. The van der Waals surface area contributed by atoms with Gasteiger partial charge in [-0.2, -0.15) is 0 Å². The molecule has 3 N–H and O–H groups in total. The molecule has 0 atom stereocenters. The molecule has 0 spiro atoms. The van der Waals surface area contributed by atoms with E-state index in [0.29, 0.717) is 0 Å². The van der Waals surface area contributed by atoms with Gasteiger partial charge < -0.3 is 20.7 Å². The first-order valence-corrected chi connectivity index (χ1v) is 7.79. The molecule has 1 aromatic rings. The van der Waals surface area contributed by atoms with E-state index in [-0.39, 0.29) is 18.1 Å². The highest BCUT2D eigenvalue weighted by Gasteiger charge is 2.14. The number of hydrogen-bond acceptors (Lipinski definition) is 4. The zero-order chi connectivity index (χ0) is 16.4. The van der Waals surface area contributed by atoms with Crippen LogP contribution in [0.15, 0.2) is 24.3 Å². The second kappa shape index (κ2) is 9.43. The number of carbonyl (C=O) groups is 1. The van der Waals surface area contributed by atoms with Crippen molar-refractivity contribution >= 4 is 5.91 Å². The van der Waals surface area contributed by atoms with E-state index in [1.807, 2.05) is 52.1 Å². The van der Waals surface area contributed by atoms with Crippen LogP contribution in [0.25, 0.3) is 0 Å². The van der Waals surface area contributed by atoms with Crippen molar-refractivity contribution in [3.63, 3.8) is 0 Å². The van der Waals surface area contributed by atoms with Crippen molar-refractivity contribution in [3.05, 3.63) is 29.8 Å². The second-order valence-electron chi connectivity index (χ2n) is 6.33. The molecule has 0 unspecified atom stereocenters. The van der Waals surface area contributed by atoms with E-state index in [1.165, 1.54) is 0 Å². The molecular formula is C17H29N3O2. The van der Waals surface area contributed by atoms with Gasteiger partial charge in [0.05, 0.1) is 0 Å². The Hall–Kier alpha value is -1.59. The number of ether oxygens (including phenoxy) is 1. The van der Waals surface area contributed by atoms with Crippen molar-refractivity contribution in [1.82, 2.24) is 16.0 Å². The SMILES string of the molecule is CNCCCNCc1ccccc1OCC(=O)NC(C)(C)C. The lowest BCUT2D eigenvalue weighted by molar-refractivity contribution is -0.124. The quantitative estimate of drug-likeness (QED) is 0.608. The Labute approximate surface area is 133 Å². The molecule has 1 amide bonds. The zero-order valence-corrected chi connectivity index (χ0v) is 14.2. The van der Waals surface area contributed by atoms with Crippen molar-refractivity contribution in [2.75, 3.05) is 26.7 Å².